The van der Waals surface area contributed by atoms with E-state index in [0.29, 0.717) is 24.2 Å². The highest BCUT2D eigenvalue weighted by Crippen LogP contribution is 2.17. The minimum atomic E-state index is -0.939. The van der Waals surface area contributed by atoms with Gasteiger partial charge in [0.1, 0.15) is 0 Å². The Kier molecular flexibility index (Phi) is 4.06. The molecule has 1 aromatic heterocycles. The van der Waals surface area contributed by atoms with Crippen molar-refractivity contribution in [3.05, 3.63) is 35.7 Å². The van der Waals surface area contributed by atoms with Crippen molar-refractivity contribution in [1.82, 2.24) is 15.5 Å². The van der Waals surface area contributed by atoms with Gasteiger partial charge < -0.3 is 15.1 Å². The Morgan fingerprint density at radius 3 is 2.68 bits per heavy atom. The van der Waals surface area contributed by atoms with E-state index in [-0.39, 0.29) is 6.01 Å². The number of halogens is 2. The maximum Gasteiger partial charge on any atom is 0.320 e. The predicted octanol–water partition coefficient (Wildman–Crippen LogP) is 2.59. The zero-order chi connectivity index (χ0) is 13.8. The lowest BCUT2D eigenvalue weighted by Gasteiger charge is -2.03. The number of nitrogens with zero attached hydrogens (tertiary/aromatic N) is 2. The van der Waals surface area contributed by atoms with Crippen LogP contribution in [0.25, 0.3) is 0 Å². The summed E-state index contributed by atoms with van der Waals surface area (Å²) in [7, 11) is 0. The Labute approximate surface area is 109 Å². The van der Waals surface area contributed by atoms with Crippen LogP contribution in [-0.4, -0.2) is 16.2 Å². The van der Waals surface area contributed by atoms with Gasteiger partial charge in [0.15, 0.2) is 11.6 Å². The molecule has 1 heterocycles. The molecule has 2 aromatic rings. The van der Waals surface area contributed by atoms with Gasteiger partial charge in [-0.2, -0.15) is 0 Å². The van der Waals surface area contributed by atoms with Gasteiger partial charge in [-0.1, -0.05) is 18.9 Å². The van der Waals surface area contributed by atoms with Crippen LogP contribution in [0.1, 0.15) is 19.7 Å². The Bertz CT molecular complexity index is 556. The number of anilines is 2. The van der Waals surface area contributed by atoms with Crippen LogP contribution in [0.5, 0.6) is 0 Å². The van der Waals surface area contributed by atoms with Gasteiger partial charge in [-0.15, -0.1) is 5.10 Å². The summed E-state index contributed by atoms with van der Waals surface area (Å²) in [5, 5.41) is 13.4. The third-order valence-electron chi connectivity index (χ3n) is 2.30. The van der Waals surface area contributed by atoms with Crippen LogP contribution in [0.15, 0.2) is 22.6 Å². The summed E-state index contributed by atoms with van der Waals surface area (Å²) >= 11 is 0. The van der Waals surface area contributed by atoms with E-state index in [1.165, 1.54) is 6.07 Å². The van der Waals surface area contributed by atoms with Crippen LogP contribution in [0, 0.1) is 11.6 Å². The Morgan fingerprint density at radius 2 is 2.00 bits per heavy atom. The molecule has 0 aliphatic heterocycles. The second-order valence-electron chi connectivity index (χ2n) is 4.29. The van der Waals surface area contributed by atoms with Gasteiger partial charge in [-0.05, 0) is 12.1 Å². The number of hydrogen-bond donors (Lipinski definition) is 2. The van der Waals surface area contributed by atoms with E-state index in [0.717, 1.165) is 12.1 Å². The zero-order valence-corrected chi connectivity index (χ0v) is 10.6. The largest absolute Gasteiger partial charge is 0.406 e. The first kappa shape index (κ1) is 13.4. The average molecular weight is 268 g/mol. The molecule has 0 atom stereocenters. The lowest BCUT2D eigenvalue weighted by Crippen LogP contribution is -2.21. The molecule has 2 N–H and O–H groups in total. The molecule has 5 nitrogen and oxygen atoms in total. The van der Waals surface area contributed by atoms with Gasteiger partial charge in [0.05, 0.1) is 6.54 Å². The van der Waals surface area contributed by atoms with Gasteiger partial charge in [0.2, 0.25) is 5.89 Å². The van der Waals surface area contributed by atoms with Gasteiger partial charge in [0.25, 0.3) is 0 Å². The average Bonchev–Trinajstić information content (AvgIpc) is 2.79. The molecule has 0 saturated carbocycles. The number of rotatable bonds is 5. The molecule has 0 bridgehead atoms. The minimum absolute atomic E-state index is 0.131. The molecule has 2 rings (SSSR count). The van der Waals surface area contributed by atoms with E-state index in [9.17, 15) is 8.78 Å². The Hall–Kier alpha value is -2.02. The van der Waals surface area contributed by atoms with Gasteiger partial charge in [-0.25, -0.2) is 8.78 Å². The highest BCUT2D eigenvalue weighted by molar-refractivity contribution is 5.51. The van der Waals surface area contributed by atoms with E-state index in [1.807, 2.05) is 13.8 Å². The lowest BCUT2D eigenvalue weighted by molar-refractivity contribution is 0.460. The summed E-state index contributed by atoms with van der Waals surface area (Å²) < 4.78 is 31.1. The van der Waals surface area contributed by atoms with Crippen molar-refractivity contribution in [2.45, 2.75) is 26.4 Å². The van der Waals surface area contributed by atoms with E-state index in [2.05, 4.69) is 20.8 Å². The van der Waals surface area contributed by atoms with E-state index in [4.69, 9.17) is 4.42 Å². The topological polar surface area (TPSA) is 63.0 Å². The van der Waals surface area contributed by atoms with E-state index < -0.39 is 11.6 Å². The number of benzene rings is 1. The van der Waals surface area contributed by atoms with Crippen molar-refractivity contribution in [3.8, 4) is 0 Å². The monoisotopic (exact) mass is 268 g/mol. The smallest absolute Gasteiger partial charge is 0.320 e. The van der Waals surface area contributed by atoms with Crippen molar-refractivity contribution in [1.29, 1.82) is 0 Å². The van der Waals surface area contributed by atoms with E-state index in [1.54, 1.807) is 0 Å². The second-order valence-corrected chi connectivity index (χ2v) is 4.29. The lowest BCUT2D eigenvalue weighted by atomic mass is 10.3. The molecule has 19 heavy (non-hydrogen) atoms. The molecule has 7 heteroatoms. The van der Waals surface area contributed by atoms with Gasteiger partial charge in [0, 0.05) is 17.8 Å². The number of nitrogens with one attached hydrogen (secondary N) is 2. The molecule has 0 aliphatic carbocycles. The van der Waals surface area contributed by atoms with Crippen LogP contribution in [-0.2, 0) is 6.54 Å². The van der Waals surface area contributed by atoms with Crippen LogP contribution >= 0.6 is 0 Å². The molecule has 1 aromatic carbocycles. The first-order valence-corrected chi connectivity index (χ1v) is 5.82. The molecule has 0 amide bonds. The fourth-order valence-corrected chi connectivity index (χ4v) is 1.36. The molecular formula is C12H14F2N4O. The maximum absolute atomic E-state index is 13.0. The second kappa shape index (κ2) is 5.75. The summed E-state index contributed by atoms with van der Waals surface area (Å²) in [6.07, 6.45) is 0. The van der Waals surface area contributed by atoms with Crippen LogP contribution in [0.4, 0.5) is 20.5 Å². The molecule has 0 fully saturated rings. The maximum atomic E-state index is 13.0. The third-order valence-corrected chi connectivity index (χ3v) is 2.30. The molecule has 0 spiro atoms. The summed E-state index contributed by atoms with van der Waals surface area (Å²) in [5.41, 5.74) is 0.339. The van der Waals surface area contributed by atoms with Crippen molar-refractivity contribution in [3.63, 3.8) is 0 Å². The van der Waals surface area contributed by atoms with Crippen molar-refractivity contribution in [2.75, 3.05) is 5.32 Å². The predicted molar refractivity (Wildman–Crippen MR) is 65.9 cm³/mol. The van der Waals surface area contributed by atoms with E-state index >= 15 is 0 Å². The zero-order valence-electron chi connectivity index (χ0n) is 10.6. The van der Waals surface area contributed by atoms with Crippen LogP contribution in [0.3, 0.4) is 0 Å². The fraction of sp³-hybridized carbons (Fsp3) is 0.333. The molecule has 0 aliphatic rings. The molecule has 0 radical (unpaired) electrons. The summed E-state index contributed by atoms with van der Waals surface area (Å²) in [6.45, 7) is 4.44. The van der Waals surface area contributed by atoms with Gasteiger partial charge in [-0.3, -0.25) is 0 Å². The Balaban J connectivity index is 2.01. The molecule has 102 valence electrons. The van der Waals surface area contributed by atoms with Crippen LogP contribution < -0.4 is 10.6 Å². The standard InChI is InChI=1S/C12H14F2N4O/c1-7(2)15-6-11-17-18-12(19-11)16-8-3-4-9(13)10(14)5-8/h3-5,7,15H,6H2,1-2H3,(H,16,18). The van der Waals surface area contributed by atoms with Crippen molar-refractivity contribution in [2.24, 2.45) is 0 Å². The Morgan fingerprint density at radius 1 is 1.21 bits per heavy atom. The summed E-state index contributed by atoms with van der Waals surface area (Å²) in [5.74, 6) is -1.43. The highest BCUT2D eigenvalue weighted by Gasteiger charge is 2.08. The minimum Gasteiger partial charge on any atom is -0.406 e. The van der Waals surface area contributed by atoms with Crippen molar-refractivity contribution < 1.29 is 13.2 Å². The fourth-order valence-electron chi connectivity index (χ4n) is 1.36. The quantitative estimate of drug-likeness (QED) is 0.872. The SMILES string of the molecule is CC(C)NCc1nnc(Nc2ccc(F)c(F)c2)o1. The number of hydrogen-bond acceptors (Lipinski definition) is 5. The first-order chi connectivity index (χ1) is 9.04. The molecule has 0 saturated heterocycles. The highest BCUT2D eigenvalue weighted by atomic mass is 19.2. The number of aromatic nitrogens is 2. The molecular weight excluding hydrogens is 254 g/mol. The van der Waals surface area contributed by atoms with Crippen molar-refractivity contribution >= 4 is 11.7 Å². The third kappa shape index (κ3) is 3.72. The molecule has 0 unspecified atom stereocenters. The van der Waals surface area contributed by atoms with Gasteiger partial charge >= 0.3 is 6.01 Å². The normalized spacial score (nSPS) is 11.0. The summed E-state index contributed by atoms with van der Waals surface area (Å²) in [4.78, 5) is 0. The summed E-state index contributed by atoms with van der Waals surface area (Å²) in [6, 6.07) is 3.86. The van der Waals surface area contributed by atoms with Crippen LogP contribution in [0.2, 0.25) is 0 Å². The first-order valence-electron chi connectivity index (χ1n) is 5.82.